The van der Waals surface area contributed by atoms with Gasteiger partial charge in [0, 0.05) is 5.70 Å². The molecular formula is C18H19NO2. The minimum absolute atomic E-state index is 0.261. The Labute approximate surface area is 125 Å². The molecule has 3 nitrogen and oxygen atoms in total. The highest BCUT2D eigenvalue weighted by molar-refractivity contribution is 5.81. The molecule has 0 aromatic heterocycles. The summed E-state index contributed by atoms with van der Waals surface area (Å²) < 4.78 is 5.21. The van der Waals surface area contributed by atoms with Crippen LogP contribution in [0.2, 0.25) is 0 Å². The molecule has 0 aliphatic heterocycles. The van der Waals surface area contributed by atoms with Crippen LogP contribution in [0.25, 0.3) is 5.70 Å². The molecule has 0 fully saturated rings. The van der Waals surface area contributed by atoms with Crippen LogP contribution in [0.15, 0.2) is 60.7 Å². The Bertz CT molecular complexity index is 615. The lowest BCUT2D eigenvalue weighted by molar-refractivity contribution is 0.144. The summed E-state index contributed by atoms with van der Waals surface area (Å²) in [6.07, 6.45) is 1.40. The smallest absolute Gasteiger partial charge is 0.411 e. The molecule has 108 valence electrons. The number of benzene rings is 2. The van der Waals surface area contributed by atoms with Crippen LogP contribution in [0.1, 0.15) is 23.6 Å². The fourth-order valence-electron chi connectivity index (χ4n) is 1.91. The second kappa shape index (κ2) is 7.29. The summed E-state index contributed by atoms with van der Waals surface area (Å²) in [6.45, 7) is 4.17. The average Bonchev–Trinajstić information content (AvgIpc) is 2.52. The van der Waals surface area contributed by atoms with Crippen molar-refractivity contribution in [2.75, 3.05) is 0 Å². The van der Waals surface area contributed by atoms with Crippen molar-refractivity contribution < 1.29 is 9.53 Å². The van der Waals surface area contributed by atoms with E-state index in [9.17, 15) is 4.79 Å². The number of aryl methyl sites for hydroxylation is 1. The van der Waals surface area contributed by atoms with Gasteiger partial charge >= 0.3 is 6.09 Å². The van der Waals surface area contributed by atoms with Crippen molar-refractivity contribution in [3.8, 4) is 0 Å². The van der Waals surface area contributed by atoms with Crippen molar-refractivity contribution in [1.82, 2.24) is 5.32 Å². The number of amides is 1. The molecule has 2 rings (SSSR count). The zero-order valence-corrected chi connectivity index (χ0v) is 12.3. The lowest BCUT2D eigenvalue weighted by atomic mass is 10.1. The maximum absolute atomic E-state index is 11.9. The van der Waals surface area contributed by atoms with Crippen LogP contribution in [-0.2, 0) is 11.3 Å². The quantitative estimate of drug-likeness (QED) is 0.908. The molecule has 0 aliphatic rings. The highest BCUT2D eigenvalue weighted by Crippen LogP contribution is 2.13. The molecule has 2 aromatic carbocycles. The Hall–Kier alpha value is -2.55. The van der Waals surface area contributed by atoms with E-state index in [1.807, 2.05) is 74.5 Å². The van der Waals surface area contributed by atoms with Gasteiger partial charge < -0.3 is 4.74 Å². The van der Waals surface area contributed by atoms with Crippen LogP contribution in [0.5, 0.6) is 0 Å². The molecule has 0 bridgehead atoms. The molecule has 1 amide bonds. The van der Waals surface area contributed by atoms with E-state index < -0.39 is 6.09 Å². The maximum atomic E-state index is 11.9. The molecule has 2 aromatic rings. The van der Waals surface area contributed by atoms with Crippen LogP contribution in [-0.4, -0.2) is 6.09 Å². The average molecular weight is 281 g/mol. The number of allylic oxidation sites excluding steroid dienone is 1. The highest BCUT2D eigenvalue weighted by Gasteiger charge is 2.07. The number of hydrogen-bond acceptors (Lipinski definition) is 2. The summed E-state index contributed by atoms with van der Waals surface area (Å²) in [5.74, 6) is 0. The molecule has 0 radical (unpaired) electrons. The van der Waals surface area contributed by atoms with Gasteiger partial charge in [0.25, 0.3) is 0 Å². The topological polar surface area (TPSA) is 38.3 Å². The molecule has 3 heteroatoms. The first kappa shape index (κ1) is 14.9. The summed E-state index contributed by atoms with van der Waals surface area (Å²) in [6, 6.07) is 17.6. The van der Waals surface area contributed by atoms with E-state index in [0.717, 1.165) is 16.8 Å². The lowest BCUT2D eigenvalue weighted by Gasteiger charge is -2.11. The first-order valence-electron chi connectivity index (χ1n) is 6.90. The lowest BCUT2D eigenvalue weighted by Crippen LogP contribution is -2.22. The zero-order chi connectivity index (χ0) is 15.1. The number of alkyl carbamates (subject to hydrolysis) is 1. The monoisotopic (exact) mass is 281 g/mol. The summed E-state index contributed by atoms with van der Waals surface area (Å²) in [5, 5.41) is 2.77. The molecule has 0 aliphatic carbocycles. The van der Waals surface area contributed by atoms with E-state index in [1.165, 1.54) is 5.56 Å². The fourth-order valence-corrected chi connectivity index (χ4v) is 1.91. The third kappa shape index (κ3) is 4.49. The van der Waals surface area contributed by atoms with E-state index in [4.69, 9.17) is 4.74 Å². The Balaban J connectivity index is 1.93. The minimum Gasteiger partial charge on any atom is -0.444 e. The van der Waals surface area contributed by atoms with E-state index in [1.54, 1.807) is 0 Å². The van der Waals surface area contributed by atoms with Gasteiger partial charge in [0.1, 0.15) is 6.61 Å². The van der Waals surface area contributed by atoms with E-state index in [0.29, 0.717) is 0 Å². The Morgan fingerprint density at radius 1 is 1.10 bits per heavy atom. The molecular weight excluding hydrogens is 262 g/mol. The Kier molecular flexibility index (Phi) is 5.16. The fraction of sp³-hybridized carbons (Fsp3) is 0.167. The number of nitrogens with one attached hydrogen (secondary N) is 1. The van der Waals surface area contributed by atoms with Crippen LogP contribution >= 0.6 is 0 Å². The Morgan fingerprint density at radius 3 is 2.38 bits per heavy atom. The van der Waals surface area contributed by atoms with Gasteiger partial charge in [-0.25, -0.2) is 4.79 Å². The van der Waals surface area contributed by atoms with E-state index >= 15 is 0 Å². The molecule has 0 unspecified atom stereocenters. The van der Waals surface area contributed by atoms with E-state index in [-0.39, 0.29) is 6.61 Å². The molecule has 0 spiro atoms. The highest BCUT2D eigenvalue weighted by atomic mass is 16.5. The number of ether oxygens (including phenoxy) is 1. The van der Waals surface area contributed by atoms with Gasteiger partial charge in [0.15, 0.2) is 0 Å². The maximum Gasteiger partial charge on any atom is 0.411 e. The first-order valence-corrected chi connectivity index (χ1v) is 6.90. The van der Waals surface area contributed by atoms with Crippen molar-refractivity contribution in [1.29, 1.82) is 0 Å². The SMILES string of the molecule is C/C=C(/NC(=O)OCc1ccccc1)c1ccc(C)cc1. The second-order valence-electron chi connectivity index (χ2n) is 4.76. The summed E-state index contributed by atoms with van der Waals surface area (Å²) in [4.78, 5) is 11.9. The number of hydrogen-bond donors (Lipinski definition) is 1. The summed E-state index contributed by atoms with van der Waals surface area (Å²) in [7, 11) is 0. The minimum atomic E-state index is -0.451. The van der Waals surface area contributed by atoms with Gasteiger partial charge in [-0.15, -0.1) is 0 Å². The van der Waals surface area contributed by atoms with Gasteiger partial charge in [-0.3, -0.25) is 5.32 Å². The largest absolute Gasteiger partial charge is 0.444 e. The predicted octanol–water partition coefficient (Wildman–Crippen LogP) is 4.28. The normalized spacial score (nSPS) is 11.0. The third-order valence-corrected chi connectivity index (χ3v) is 3.10. The van der Waals surface area contributed by atoms with Crippen LogP contribution in [0.3, 0.4) is 0 Å². The predicted molar refractivity (Wildman–Crippen MR) is 84.6 cm³/mol. The number of carbonyl (C=O) groups is 1. The molecule has 21 heavy (non-hydrogen) atoms. The van der Waals surface area contributed by atoms with Crippen molar-refractivity contribution in [2.45, 2.75) is 20.5 Å². The zero-order valence-electron chi connectivity index (χ0n) is 12.3. The molecule has 0 atom stereocenters. The standard InChI is InChI=1S/C18H19NO2/c1-3-17(16-11-9-14(2)10-12-16)19-18(20)21-13-15-7-5-4-6-8-15/h3-12H,13H2,1-2H3,(H,19,20)/b17-3+. The van der Waals surface area contributed by atoms with Crippen molar-refractivity contribution in [3.05, 3.63) is 77.4 Å². The van der Waals surface area contributed by atoms with Gasteiger partial charge in [0.05, 0.1) is 0 Å². The molecule has 0 saturated heterocycles. The third-order valence-electron chi connectivity index (χ3n) is 3.10. The van der Waals surface area contributed by atoms with E-state index in [2.05, 4.69) is 5.32 Å². The molecule has 1 N–H and O–H groups in total. The van der Waals surface area contributed by atoms with Crippen LogP contribution in [0, 0.1) is 6.92 Å². The number of carbonyl (C=O) groups excluding carboxylic acids is 1. The van der Waals surface area contributed by atoms with Crippen molar-refractivity contribution in [2.24, 2.45) is 0 Å². The van der Waals surface area contributed by atoms with Crippen molar-refractivity contribution in [3.63, 3.8) is 0 Å². The Morgan fingerprint density at radius 2 is 1.76 bits per heavy atom. The van der Waals surface area contributed by atoms with Crippen LogP contribution < -0.4 is 5.32 Å². The first-order chi connectivity index (χ1) is 10.2. The summed E-state index contributed by atoms with van der Waals surface area (Å²) in [5.41, 5.74) is 3.85. The molecule has 0 heterocycles. The summed E-state index contributed by atoms with van der Waals surface area (Å²) >= 11 is 0. The van der Waals surface area contributed by atoms with Gasteiger partial charge in [-0.05, 0) is 25.0 Å². The van der Waals surface area contributed by atoms with Gasteiger partial charge in [-0.1, -0.05) is 66.2 Å². The van der Waals surface area contributed by atoms with Gasteiger partial charge in [0.2, 0.25) is 0 Å². The van der Waals surface area contributed by atoms with Crippen molar-refractivity contribution >= 4 is 11.8 Å². The van der Waals surface area contributed by atoms with Crippen LogP contribution in [0.4, 0.5) is 4.79 Å². The number of rotatable bonds is 4. The van der Waals surface area contributed by atoms with Gasteiger partial charge in [-0.2, -0.15) is 0 Å². The molecule has 0 saturated carbocycles. The second-order valence-corrected chi connectivity index (χ2v) is 4.76.